The summed E-state index contributed by atoms with van der Waals surface area (Å²) < 4.78 is 0.814. The molecule has 1 aromatic carbocycles. The number of thioether (sulfide) groups is 2. The highest BCUT2D eigenvalue weighted by Gasteiger charge is 2.47. The molecule has 0 aliphatic carbocycles. The zero-order chi connectivity index (χ0) is 19.3. The normalized spacial score (nSPS) is 20.8. The largest absolute Gasteiger partial charge is 0.327 e. The Kier molecular flexibility index (Phi) is 7.34. The molecule has 2 rings (SSSR count). The van der Waals surface area contributed by atoms with Gasteiger partial charge in [0.2, 0.25) is 0 Å². The van der Waals surface area contributed by atoms with Crippen LogP contribution < -0.4 is 0 Å². The fourth-order valence-electron chi connectivity index (χ4n) is 3.04. The van der Waals surface area contributed by atoms with E-state index in [0.29, 0.717) is 6.42 Å². The molecule has 26 heavy (non-hydrogen) atoms. The number of carbonyl (C=O) groups excluding carboxylic acids is 2. The van der Waals surface area contributed by atoms with Crippen LogP contribution in [0.1, 0.15) is 24.9 Å². The van der Waals surface area contributed by atoms with Crippen LogP contribution in [-0.2, 0) is 4.79 Å². The van der Waals surface area contributed by atoms with E-state index in [-0.39, 0.29) is 24.0 Å². The quantitative estimate of drug-likeness (QED) is 0.432. The van der Waals surface area contributed by atoms with Crippen molar-refractivity contribution in [2.24, 2.45) is 4.99 Å². The van der Waals surface area contributed by atoms with Crippen LogP contribution >= 0.6 is 23.5 Å². The van der Waals surface area contributed by atoms with Crippen molar-refractivity contribution >= 4 is 39.8 Å². The van der Waals surface area contributed by atoms with Gasteiger partial charge in [-0.3, -0.25) is 14.7 Å². The van der Waals surface area contributed by atoms with Gasteiger partial charge in [0.15, 0.2) is 0 Å². The van der Waals surface area contributed by atoms with Gasteiger partial charge in [0.05, 0.1) is 12.1 Å². The van der Waals surface area contributed by atoms with E-state index in [9.17, 15) is 9.59 Å². The molecule has 0 unspecified atom stereocenters. The van der Waals surface area contributed by atoms with Crippen molar-refractivity contribution in [2.45, 2.75) is 31.5 Å². The third-order valence-electron chi connectivity index (χ3n) is 4.52. The van der Waals surface area contributed by atoms with Gasteiger partial charge < -0.3 is 4.90 Å². The summed E-state index contributed by atoms with van der Waals surface area (Å²) in [7, 11) is 1.73. The summed E-state index contributed by atoms with van der Waals surface area (Å²) in [5.41, 5.74) is 0.947. The van der Waals surface area contributed by atoms with Crippen LogP contribution in [0.4, 0.5) is 4.79 Å². The van der Waals surface area contributed by atoms with Crippen molar-refractivity contribution in [3.8, 4) is 0 Å². The minimum atomic E-state index is -0.642. The smallest absolute Gasteiger partial charge is 0.322 e. The molecule has 7 heteroatoms. The molecule has 0 bridgehead atoms. The number of likely N-dealkylation sites (N-methyl/N-ethyl adjacent to an activating group) is 1. The van der Waals surface area contributed by atoms with Crippen LogP contribution in [0.15, 0.2) is 48.0 Å². The second-order valence-electron chi connectivity index (χ2n) is 6.04. The minimum absolute atomic E-state index is 0.109. The predicted octanol–water partition coefficient (Wildman–Crippen LogP) is 4.04. The van der Waals surface area contributed by atoms with Gasteiger partial charge in [0.25, 0.3) is 5.91 Å². The number of nitrogens with zero attached hydrogens (tertiary/aromatic N) is 3. The van der Waals surface area contributed by atoms with E-state index in [1.165, 1.54) is 28.4 Å². The third-order valence-corrected chi connectivity index (χ3v) is 6.43. The van der Waals surface area contributed by atoms with Gasteiger partial charge in [-0.15, -0.1) is 30.1 Å². The molecular formula is C19H25N3O2S2. The Labute approximate surface area is 163 Å². The lowest BCUT2D eigenvalue weighted by molar-refractivity contribution is -0.130. The first-order valence-electron chi connectivity index (χ1n) is 8.37. The Hall–Kier alpha value is -1.73. The van der Waals surface area contributed by atoms with E-state index >= 15 is 0 Å². The summed E-state index contributed by atoms with van der Waals surface area (Å²) in [6, 6.07) is 8.32. The van der Waals surface area contributed by atoms with Gasteiger partial charge in [-0.25, -0.2) is 4.79 Å². The molecule has 0 N–H and O–H groups in total. The van der Waals surface area contributed by atoms with Crippen LogP contribution in [0.2, 0.25) is 0 Å². The summed E-state index contributed by atoms with van der Waals surface area (Å²) in [4.78, 5) is 33.7. The van der Waals surface area contributed by atoms with E-state index in [1.54, 1.807) is 18.0 Å². The average molecular weight is 392 g/mol. The third kappa shape index (κ3) is 4.15. The fraction of sp³-hybridized carbons (Fsp3) is 0.421. The SMILES string of the molecule is C=CC[C@H](N=C(SC)SC)C(=O)N1C(=O)N(C)[C@@H](C)[C@H]1c1ccccc1. The maximum absolute atomic E-state index is 13.3. The van der Waals surface area contributed by atoms with Crippen molar-refractivity contribution in [1.82, 2.24) is 9.80 Å². The molecule has 0 spiro atoms. The number of carbonyl (C=O) groups is 2. The number of hydrogen-bond donors (Lipinski definition) is 0. The highest BCUT2D eigenvalue weighted by molar-refractivity contribution is 8.38. The molecule has 1 saturated heterocycles. The molecule has 3 amide bonds. The first-order chi connectivity index (χ1) is 12.5. The predicted molar refractivity (Wildman–Crippen MR) is 112 cm³/mol. The molecule has 5 nitrogen and oxygen atoms in total. The topological polar surface area (TPSA) is 53.0 Å². The van der Waals surface area contributed by atoms with E-state index in [0.717, 1.165) is 9.94 Å². The van der Waals surface area contributed by atoms with Crippen LogP contribution in [0.5, 0.6) is 0 Å². The summed E-state index contributed by atoms with van der Waals surface area (Å²) in [5.74, 6) is -0.277. The van der Waals surface area contributed by atoms with E-state index in [1.807, 2.05) is 49.8 Å². The second-order valence-corrected chi connectivity index (χ2v) is 7.89. The van der Waals surface area contributed by atoms with Crippen LogP contribution in [0, 0.1) is 0 Å². The fourth-order valence-corrected chi connectivity index (χ4v) is 4.17. The standard InChI is InChI=1S/C19H25N3O2S2/c1-6-10-15(20-18(25-4)26-5)17(23)22-16(13(2)21(3)19(22)24)14-11-8-7-9-12-14/h6-9,11-13,15-16H,1,10H2,2-5H3/t13-,15-,16-/m0/s1. The summed E-state index contributed by atoms with van der Waals surface area (Å²) >= 11 is 2.99. The maximum atomic E-state index is 13.3. The molecule has 140 valence electrons. The number of benzene rings is 1. The number of aliphatic imine (C=N–C) groups is 1. The van der Waals surface area contributed by atoms with E-state index in [2.05, 4.69) is 11.6 Å². The number of hydrogen-bond acceptors (Lipinski definition) is 5. The Morgan fingerprint density at radius 1 is 1.31 bits per heavy atom. The monoisotopic (exact) mass is 391 g/mol. The van der Waals surface area contributed by atoms with Crippen molar-refractivity contribution in [3.05, 3.63) is 48.6 Å². The molecule has 1 aliphatic heterocycles. The van der Waals surface area contributed by atoms with Gasteiger partial charge in [0, 0.05) is 7.05 Å². The van der Waals surface area contributed by atoms with Gasteiger partial charge in [-0.1, -0.05) is 36.4 Å². The zero-order valence-corrected chi connectivity index (χ0v) is 17.2. The van der Waals surface area contributed by atoms with Gasteiger partial charge >= 0.3 is 6.03 Å². The number of imide groups is 1. The Balaban J connectivity index is 2.43. The molecular weight excluding hydrogens is 366 g/mol. The first-order valence-corrected chi connectivity index (χ1v) is 10.8. The molecule has 1 fully saturated rings. The maximum Gasteiger partial charge on any atom is 0.327 e. The van der Waals surface area contributed by atoms with Crippen molar-refractivity contribution in [1.29, 1.82) is 0 Å². The van der Waals surface area contributed by atoms with Crippen LogP contribution in [-0.4, -0.2) is 57.8 Å². The Bertz CT molecular complexity index is 687. The number of amides is 3. The van der Waals surface area contributed by atoms with Crippen LogP contribution in [0.3, 0.4) is 0 Å². The summed E-state index contributed by atoms with van der Waals surface area (Å²) in [6.07, 6.45) is 5.92. The first kappa shape index (κ1) is 20.6. The van der Waals surface area contributed by atoms with E-state index in [4.69, 9.17) is 0 Å². The lowest BCUT2D eigenvalue weighted by atomic mass is 9.99. The molecule has 0 aromatic heterocycles. The Morgan fingerprint density at radius 3 is 2.46 bits per heavy atom. The number of urea groups is 1. The lowest BCUT2D eigenvalue weighted by Crippen LogP contribution is -2.42. The molecule has 1 aliphatic rings. The highest BCUT2D eigenvalue weighted by Crippen LogP contribution is 2.35. The molecule has 1 heterocycles. The van der Waals surface area contributed by atoms with Crippen molar-refractivity contribution in [3.63, 3.8) is 0 Å². The van der Waals surface area contributed by atoms with Crippen LogP contribution in [0.25, 0.3) is 0 Å². The highest BCUT2D eigenvalue weighted by atomic mass is 32.2. The molecule has 1 aromatic rings. The van der Waals surface area contributed by atoms with Gasteiger partial charge in [0.1, 0.15) is 10.4 Å². The van der Waals surface area contributed by atoms with Crippen molar-refractivity contribution < 1.29 is 9.59 Å². The minimum Gasteiger partial charge on any atom is -0.322 e. The lowest BCUT2D eigenvalue weighted by Gasteiger charge is -2.26. The Morgan fingerprint density at radius 2 is 1.92 bits per heavy atom. The summed E-state index contributed by atoms with van der Waals surface area (Å²) in [5, 5.41) is 0. The average Bonchev–Trinajstić information content (AvgIpc) is 2.89. The number of rotatable bonds is 5. The molecule has 0 saturated carbocycles. The van der Waals surface area contributed by atoms with Gasteiger partial charge in [-0.2, -0.15) is 0 Å². The zero-order valence-electron chi connectivity index (χ0n) is 15.6. The second kappa shape index (κ2) is 9.28. The van der Waals surface area contributed by atoms with Crippen molar-refractivity contribution in [2.75, 3.05) is 19.6 Å². The molecule has 0 radical (unpaired) electrons. The molecule has 3 atom stereocenters. The van der Waals surface area contributed by atoms with E-state index < -0.39 is 6.04 Å². The van der Waals surface area contributed by atoms with Gasteiger partial charge in [-0.05, 0) is 31.4 Å². The summed E-state index contributed by atoms with van der Waals surface area (Å²) in [6.45, 7) is 5.71.